The zero-order valence-corrected chi connectivity index (χ0v) is 8.79. The summed E-state index contributed by atoms with van der Waals surface area (Å²) < 4.78 is 4.86. The molecular formula is C10H18O3. The summed E-state index contributed by atoms with van der Waals surface area (Å²) in [6.45, 7) is 7.29. The van der Waals surface area contributed by atoms with Crippen LogP contribution in [-0.4, -0.2) is 17.9 Å². The van der Waals surface area contributed by atoms with Crippen molar-refractivity contribution in [3.63, 3.8) is 0 Å². The summed E-state index contributed by atoms with van der Waals surface area (Å²) in [5, 5.41) is 0. The van der Waals surface area contributed by atoms with Crippen LogP contribution >= 0.6 is 0 Å². The van der Waals surface area contributed by atoms with Gasteiger partial charge in [-0.3, -0.25) is 9.59 Å². The van der Waals surface area contributed by atoms with Crippen LogP contribution in [0.1, 0.15) is 40.5 Å². The van der Waals surface area contributed by atoms with Crippen molar-refractivity contribution in [1.82, 2.24) is 0 Å². The molecule has 0 aliphatic heterocycles. The number of carbonyl (C=O) groups excluding carboxylic acids is 2. The minimum Gasteiger partial charge on any atom is -0.463 e. The van der Waals surface area contributed by atoms with E-state index in [0.717, 1.165) is 6.42 Å². The second kappa shape index (κ2) is 5.73. The zero-order chi connectivity index (χ0) is 10.4. The Bertz CT molecular complexity index is 185. The molecule has 0 aromatic carbocycles. The van der Waals surface area contributed by atoms with Crippen molar-refractivity contribution in [3.8, 4) is 0 Å². The van der Waals surface area contributed by atoms with Gasteiger partial charge >= 0.3 is 5.97 Å². The highest BCUT2D eigenvalue weighted by Gasteiger charge is 2.16. The van der Waals surface area contributed by atoms with Crippen molar-refractivity contribution < 1.29 is 14.3 Å². The molecule has 0 amide bonds. The van der Waals surface area contributed by atoms with E-state index in [1.807, 2.05) is 13.8 Å². The third-order valence-electron chi connectivity index (χ3n) is 1.85. The van der Waals surface area contributed by atoms with Gasteiger partial charge in [-0.05, 0) is 20.3 Å². The van der Waals surface area contributed by atoms with Crippen LogP contribution in [0.15, 0.2) is 0 Å². The van der Waals surface area contributed by atoms with E-state index in [2.05, 4.69) is 0 Å². The van der Waals surface area contributed by atoms with E-state index >= 15 is 0 Å². The standard InChI is InChI=1S/C10H18O3/c1-5-8(4)9(11)6-10(12)13-7(2)3/h7-8H,5-6H2,1-4H3. The number of carbonyl (C=O) groups is 2. The Morgan fingerprint density at radius 1 is 1.23 bits per heavy atom. The van der Waals surface area contributed by atoms with E-state index in [1.165, 1.54) is 0 Å². The smallest absolute Gasteiger partial charge is 0.313 e. The molecule has 13 heavy (non-hydrogen) atoms. The molecule has 0 aliphatic rings. The van der Waals surface area contributed by atoms with Crippen molar-refractivity contribution in [2.24, 2.45) is 5.92 Å². The molecule has 0 aromatic heterocycles. The highest BCUT2D eigenvalue weighted by atomic mass is 16.5. The third kappa shape index (κ3) is 5.39. The molecule has 0 spiro atoms. The maximum atomic E-state index is 11.3. The van der Waals surface area contributed by atoms with Crippen LogP contribution in [0.2, 0.25) is 0 Å². The van der Waals surface area contributed by atoms with Crippen molar-refractivity contribution in [3.05, 3.63) is 0 Å². The molecule has 0 bridgehead atoms. The normalized spacial score (nSPS) is 12.7. The molecule has 76 valence electrons. The highest BCUT2D eigenvalue weighted by Crippen LogP contribution is 2.06. The predicted octanol–water partition coefficient (Wildman–Crippen LogP) is 1.94. The number of rotatable bonds is 5. The average Bonchev–Trinajstić information content (AvgIpc) is 2.01. The molecule has 3 heteroatoms. The SMILES string of the molecule is CCC(C)C(=O)CC(=O)OC(C)C. The Labute approximate surface area is 79.5 Å². The van der Waals surface area contributed by atoms with Crippen LogP contribution < -0.4 is 0 Å². The first-order valence-corrected chi connectivity index (χ1v) is 4.69. The van der Waals surface area contributed by atoms with E-state index < -0.39 is 5.97 Å². The predicted molar refractivity (Wildman–Crippen MR) is 50.3 cm³/mol. The van der Waals surface area contributed by atoms with E-state index in [1.54, 1.807) is 13.8 Å². The van der Waals surface area contributed by atoms with Crippen molar-refractivity contribution in [2.45, 2.75) is 46.6 Å². The van der Waals surface area contributed by atoms with Gasteiger partial charge in [-0.1, -0.05) is 13.8 Å². The van der Waals surface area contributed by atoms with E-state index in [0.29, 0.717) is 0 Å². The fourth-order valence-electron chi connectivity index (χ4n) is 0.849. The fraction of sp³-hybridized carbons (Fsp3) is 0.800. The van der Waals surface area contributed by atoms with Crippen LogP contribution in [0.3, 0.4) is 0 Å². The number of hydrogen-bond acceptors (Lipinski definition) is 3. The fourth-order valence-corrected chi connectivity index (χ4v) is 0.849. The number of Topliss-reactive ketones (excluding diaryl/α,β-unsaturated/α-hetero) is 1. The Kier molecular flexibility index (Phi) is 5.35. The zero-order valence-electron chi connectivity index (χ0n) is 8.79. The molecule has 0 saturated heterocycles. The van der Waals surface area contributed by atoms with Gasteiger partial charge in [-0.2, -0.15) is 0 Å². The van der Waals surface area contributed by atoms with Crippen molar-refractivity contribution >= 4 is 11.8 Å². The molecule has 0 fully saturated rings. The van der Waals surface area contributed by atoms with Crippen LogP contribution in [0.4, 0.5) is 0 Å². The lowest BCUT2D eigenvalue weighted by Gasteiger charge is -2.09. The molecule has 0 aliphatic carbocycles. The number of esters is 1. The Morgan fingerprint density at radius 3 is 2.15 bits per heavy atom. The molecule has 3 nitrogen and oxygen atoms in total. The minimum atomic E-state index is -0.416. The topological polar surface area (TPSA) is 43.4 Å². The van der Waals surface area contributed by atoms with Gasteiger partial charge in [0.2, 0.25) is 0 Å². The molecule has 0 N–H and O–H groups in total. The number of ketones is 1. The largest absolute Gasteiger partial charge is 0.463 e. The summed E-state index contributed by atoms with van der Waals surface area (Å²) in [6.07, 6.45) is 0.540. The third-order valence-corrected chi connectivity index (χ3v) is 1.85. The minimum absolute atomic E-state index is 0.0341. The summed E-state index contributed by atoms with van der Waals surface area (Å²) in [5.74, 6) is -0.492. The molecular weight excluding hydrogens is 168 g/mol. The van der Waals surface area contributed by atoms with Gasteiger partial charge in [0.25, 0.3) is 0 Å². The molecule has 0 saturated carbocycles. The van der Waals surface area contributed by atoms with Crippen LogP contribution in [-0.2, 0) is 14.3 Å². The molecule has 0 heterocycles. The summed E-state index contributed by atoms with van der Waals surface area (Å²) in [5.41, 5.74) is 0. The lowest BCUT2D eigenvalue weighted by atomic mass is 10.0. The van der Waals surface area contributed by atoms with Crippen LogP contribution in [0.25, 0.3) is 0 Å². The Morgan fingerprint density at radius 2 is 1.77 bits per heavy atom. The summed E-state index contributed by atoms with van der Waals surface area (Å²) in [7, 11) is 0. The first kappa shape index (κ1) is 12.1. The first-order chi connectivity index (χ1) is 5.97. The monoisotopic (exact) mass is 186 g/mol. The van der Waals surface area contributed by atoms with Gasteiger partial charge in [-0.15, -0.1) is 0 Å². The molecule has 1 atom stereocenters. The summed E-state index contributed by atoms with van der Waals surface area (Å²) in [4.78, 5) is 22.3. The first-order valence-electron chi connectivity index (χ1n) is 4.69. The highest BCUT2D eigenvalue weighted by molar-refractivity contribution is 5.96. The van der Waals surface area contributed by atoms with E-state index in [-0.39, 0.29) is 24.2 Å². The lowest BCUT2D eigenvalue weighted by molar-refractivity contribution is -0.149. The Hall–Kier alpha value is -0.860. The van der Waals surface area contributed by atoms with Gasteiger partial charge in [-0.25, -0.2) is 0 Å². The number of ether oxygens (including phenoxy) is 1. The quantitative estimate of drug-likeness (QED) is 0.487. The molecule has 0 rings (SSSR count). The number of hydrogen-bond donors (Lipinski definition) is 0. The van der Waals surface area contributed by atoms with Gasteiger partial charge in [0.15, 0.2) is 0 Å². The van der Waals surface area contributed by atoms with Gasteiger partial charge < -0.3 is 4.74 Å². The summed E-state index contributed by atoms with van der Waals surface area (Å²) in [6, 6.07) is 0. The molecule has 1 unspecified atom stereocenters. The second-order valence-electron chi connectivity index (χ2n) is 3.49. The van der Waals surface area contributed by atoms with Gasteiger partial charge in [0.1, 0.15) is 12.2 Å². The van der Waals surface area contributed by atoms with Crippen molar-refractivity contribution in [2.75, 3.05) is 0 Å². The summed E-state index contributed by atoms with van der Waals surface area (Å²) >= 11 is 0. The van der Waals surface area contributed by atoms with E-state index in [9.17, 15) is 9.59 Å². The second-order valence-corrected chi connectivity index (χ2v) is 3.49. The average molecular weight is 186 g/mol. The maximum Gasteiger partial charge on any atom is 0.313 e. The molecule has 0 aromatic rings. The van der Waals surface area contributed by atoms with Gasteiger partial charge in [0.05, 0.1) is 6.10 Å². The maximum absolute atomic E-state index is 11.3. The lowest BCUT2D eigenvalue weighted by Crippen LogP contribution is -2.19. The Balaban J connectivity index is 3.85. The van der Waals surface area contributed by atoms with E-state index in [4.69, 9.17) is 4.74 Å². The van der Waals surface area contributed by atoms with Gasteiger partial charge in [0, 0.05) is 5.92 Å². The van der Waals surface area contributed by atoms with Crippen LogP contribution in [0.5, 0.6) is 0 Å². The molecule has 0 radical (unpaired) electrons. The van der Waals surface area contributed by atoms with Crippen molar-refractivity contribution in [1.29, 1.82) is 0 Å². The van der Waals surface area contributed by atoms with Crippen LogP contribution in [0, 0.1) is 5.92 Å².